The summed E-state index contributed by atoms with van der Waals surface area (Å²) in [7, 11) is 0. The predicted octanol–water partition coefficient (Wildman–Crippen LogP) is 2.39. The Balaban J connectivity index is 2.91. The van der Waals surface area contributed by atoms with E-state index in [2.05, 4.69) is 0 Å². The first kappa shape index (κ1) is 10.6. The van der Waals surface area contributed by atoms with Crippen LogP contribution in [0.2, 0.25) is 0 Å². The molecule has 0 unspecified atom stereocenters. The second-order valence-corrected chi connectivity index (χ2v) is 2.78. The van der Waals surface area contributed by atoms with Crippen molar-refractivity contribution in [2.24, 2.45) is 0 Å². The minimum atomic E-state index is -3.46. The molecule has 0 heterocycles. The number of hydrogen-bond donors (Lipinski definition) is 1. The molecule has 0 saturated carbocycles. The Bertz CT molecular complexity index is 332. The van der Waals surface area contributed by atoms with Crippen LogP contribution in [0.4, 0.5) is 13.2 Å². The molecule has 0 spiro atoms. The number of aliphatic carboxylic acids is 1. The lowest BCUT2D eigenvalue weighted by Crippen LogP contribution is -2.18. The molecule has 0 aliphatic heterocycles. The minimum absolute atomic E-state index is 0.499. The van der Waals surface area contributed by atoms with Gasteiger partial charge < -0.3 is 5.11 Å². The van der Waals surface area contributed by atoms with E-state index in [-0.39, 0.29) is 0 Å². The molecule has 0 aromatic heterocycles. The Morgan fingerprint density at radius 3 is 2.21 bits per heavy atom. The fourth-order valence-corrected chi connectivity index (χ4v) is 0.986. The zero-order valence-electron chi connectivity index (χ0n) is 7.01. The molecule has 76 valence electrons. The van der Waals surface area contributed by atoms with Crippen molar-refractivity contribution in [1.29, 1.82) is 0 Å². The van der Waals surface area contributed by atoms with Gasteiger partial charge >= 0.3 is 5.97 Å². The van der Waals surface area contributed by atoms with Gasteiger partial charge in [-0.15, -0.1) is 0 Å². The Morgan fingerprint density at radius 2 is 1.79 bits per heavy atom. The molecule has 0 aliphatic rings. The number of carbonyl (C=O) groups is 1. The molecule has 1 aromatic rings. The summed E-state index contributed by atoms with van der Waals surface area (Å²) in [5.74, 6) is -5.70. The molecule has 0 bridgehead atoms. The fourth-order valence-electron chi connectivity index (χ4n) is 0.986. The molecule has 0 amide bonds. The van der Waals surface area contributed by atoms with Crippen LogP contribution in [0.3, 0.4) is 0 Å². The number of hydrogen-bond acceptors (Lipinski definition) is 1. The standard InChI is InChI=1S/C9H7F3O2/c10-7-3-1-6(2-4-7)9(11,12)5-8(13)14/h1-4H,5H2,(H,13,14). The van der Waals surface area contributed by atoms with Crippen LogP contribution < -0.4 is 0 Å². The minimum Gasteiger partial charge on any atom is -0.481 e. The first-order chi connectivity index (χ1) is 6.42. The van der Waals surface area contributed by atoms with Crippen LogP contribution in [0.25, 0.3) is 0 Å². The zero-order valence-corrected chi connectivity index (χ0v) is 7.01. The van der Waals surface area contributed by atoms with Gasteiger partial charge in [0.25, 0.3) is 5.92 Å². The van der Waals surface area contributed by atoms with Crippen molar-refractivity contribution < 1.29 is 23.1 Å². The molecule has 0 aliphatic carbocycles. The van der Waals surface area contributed by atoms with Crippen LogP contribution in [-0.4, -0.2) is 11.1 Å². The van der Waals surface area contributed by atoms with Gasteiger partial charge in [-0.3, -0.25) is 4.79 Å². The van der Waals surface area contributed by atoms with Gasteiger partial charge in [0.2, 0.25) is 0 Å². The van der Waals surface area contributed by atoms with Crippen LogP contribution in [0.15, 0.2) is 24.3 Å². The maximum absolute atomic E-state index is 13.0. The lowest BCUT2D eigenvalue weighted by atomic mass is 10.1. The van der Waals surface area contributed by atoms with Gasteiger partial charge in [-0.2, -0.15) is 0 Å². The summed E-state index contributed by atoms with van der Waals surface area (Å²) < 4.78 is 38.4. The molecule has 2 nitrogen and oxygen atoms in total. The van der Waals surface area contributed by atoms with E-state index in [1.165, 1.54) is 0 Å². The highest BCUT2D eigenvalue weighted by Crippen LogP contribution is 2.31. The number of benzene rings is 1. The first-order valence-electron chi connectivity index (χ1n) is 3.77. The number of rotatable bonds is 3. The van der Waals surface area contributed by atoms with E-state index in [9.17, 15) is 18.0 Å². The predicted molar refractivity (Wildman–Crippen MR) is 42.5 cm³/mol. The molecule has 1 N–H and O–H groups in total. The van der Waals surface area contributed by atoms with Crippen LogP contribution >= 0.6 is 0 Å². The third-order valence-electron chi connectivity index (χ3n) is 1.64. The summed E-state index contributed by atoms with van der Waals surface area (Å²) in [5.41, 5.74) is -0.499. The maximum atomic E-state index is 13.0. The average Bonchev–Trinajstić information content (AvgIpc) is 2.02. The van der Waals surface area contributed by atoms with Crippen molar-refractivity contribution >= 4 is 5.97 Å². The first-order valence-corrected chi connectivity index (χ1v) is 3.77. The van der Waals surface area contributed by atoms with Crippen LogP contribution in [0.1, 0.15) is 12.0 Å². The van der Waals surface area contributed by atoms with Crippen molar-refractivity contribution in [1.82, 2.24) is 0 Å². The van der Waals surface area contributed by atoms with Crippen molar-refractivity contribution in [2.45, 2.75) is 12.3 Å². The molecule has 5 heteroatoms. The van der Waals surface area contributed by atoms with E-state index in [0.29, 0.717) is 0 Å². The number of halogens is 3. The van der Waals surface area contributed by atoms with Crippen molar-refractivity contribution in [3.63, 3.8) is 0 Å². The summed E-state index contributed by atoms with van der Waals surface area (Å²) in [6.45, 7) is 0. The molecule has 0 radical (unpaired) electrons. The molecule has 1 aromatic carbocycles. The lowest BCUT2D eigenvalue weighted by molar-refractivity contribution is -0.145. The summed E-state index contributed by atoms with van der Waals surface area (Å²) in [6.07, 6.45) is -1.29. The van der Waals surface area contributed by atoms with E-state index in [1.807, 2.05) is 0 Å². The molecule has 0 saturated heterocycles. The van der Waals surface area contributed by atoms with Gasteiger partial charge in [0.1, 0.15) is 12.2 Å². The van der Waals surface area contributed by atoms with Crippen LogP contribution in [0.5, 0.6) is 0 Å². The second kappa shape index (κ2) is 3.69. The van der Waals surface area contributed by atoms with E-state index in [4.69, 9.17) is 5.11 Å². The Hall–Kier alpha value is -1.52. The zero-order chi connectivity index (χ0) is 10.8. The normalized spacial score (nSPS) is 11.4. The van der Waals surface area contributed by atoms with Gasteiger partial charge in [0, 0.05) is 5.56 Å². The van der Waals surface area contributed by atoms with Crippen LogP contribution in [0, 0.1) is 5.82 Å². The summed E-state index contributed by atoms with van der Waals surface area (Å²) in [4.78, 5) is 10.1. The molecule has 0 atom stereocenters. The Kier molecular flexibility index (Phi) is 2.78. The quantitative estimate of drug-likeness (QED) is 0.820. The van der Waals surface area contributed by atoms with E-state index < -0.39 is 29.7 Å². The monoisotopic (exact) mass is 204 g/mol. The average molecular weight is 204 g/mol. The fraction of sp³-hybridized carbons (Fsp3) is 0.222. The van der Waals surface area contributed by atoms with Gasteiger partial charge in [-0.1, -0.05) is 12.1 Å². The van der Waals surface area contributed by atoms with E-state index >= 15 is 0 Å². The highest BCUT2D eigenvalue weighted by atomic mass is 19.3. The Labute approximate surface area is 78.0 Å². The summed E-state index contributed by atoms with van der Waals surface area (Å²) in [5, 5.41) is 8.21. The summed E-state index contributed by atoms with van der Waals surface area (Å²) >= 11 is 0. The lowest BCUT2D eigenvalue weighted by Gasteiger charge is -2.13. The highest BCUT2D eigenvalue weighted by Gasteiger charge is 2.34. The topological polar surface area (TPSA) is 37.3 Å². The molecule has 14 heavy (non-hydrogen) atoms. The van der Waals surface area contributed by atoms with Gasteiger partial charge in [0.05, 0.1) is 0 Å². The van der Waals surface area contributed by atoms with E-state index in [0.717, 1.165) is 24.3 Å². The third-order valence-corrected chi connectivity index (χ3v) is 1.64. The number of alkyl halides is 2. The number of carboxylic acids is 1. The summed E-state index contributed by atoms with van der Waals surface area (Å²) in [6, 6.07) is 3.48. The smallest absolute Gasteiger partial charge is 0.309 e. The van der Waals surface area contributed by atoms with Gasteiger partial charge in [0.15, 0.2) is 0 Å². The van der Waals surface area contributed by atoms with Crippen molar-refractivity contribution in [3.8, 4) is 0 Å². The largest absolute Gasteiger partial charge is 0.481 e. The molecule has 1 rings (SSSR count). The van der Waals surface area contributed by atoms with Crippen molar-refractivity contribution in [3.05, 3.63) is 35.6 Å². The third kappa shape index (κ3) is 2.48. The maximum Gasteiger partial charge on any atom is 0.309 e. The second-order valence-electron chi connectivity index (χ2n) is 2.78. The van der Waals surface area contributed by atoms with Crippen LogP contribution in [-0.2, 0) is 10.7 Å². The van der Waals surface area contributed by atoms with Gasteiger partial charge in [-0.05, 0) is 12.1 Å². The Morgan fingerprint density at radius 1 is 1.29 bits per heavy atom. The highest BCUT2D eigenvalue weighted by molar-refractivity contribution is 5.68. The SMILES string of the molecule is O=C(O)CC(F)(F)c1ccc(F)cc1. The number of carboxylic acid groups (broad SMARTS) is 1. The molecular weight excluding hydrogens is 197 g/mol. The molecule has 0 fully saturated rings. The molecular formula is C9H7F3O2. The van der Waals surface area contributed by atoms with E-state index in [1.54, 1.807) is 0 Å². The van der Waals surface area contributed by atoms with Crippen molar-refractivity contribution in [2.75, 3.05) is 0 Å². The van der Waals surface area contributed by atoms with Gasteiger partial charge in [-0.25, -0.2) is 13.2 Å².